The number of pyridine rings is 1. The summed E-state index contributed by atoms with van der Waals surface area (Å²) < 4.78 is 1.97. The van der Waals surface area contributed by atoms with Crippen molar-refractivity contribution in [3.05, 3.63) is 23.4 Å². The van der Waals surface area contributed by atoms with E-state index in [1.165, 1.54) is 31.2 Å². The molecule has 1 N–H and O–H groups in total. The second-order valence-corrected chi connectivity index (χ2v) is 6.40. The summed E-state index contributed by atoms with van der Waals surface area (Å²) in [7, 11) is 1.94. The lowest BCUT2D eigenvalue weighted by atomic mass is 10.2. The molecule has 0 radical (unpaired) electrons. The van der Waals surface area contributed by atoms with E-state index in [-0.39, 0.29) is 0 Å². The van der Waals surface area contributed by atoms with Crippen molar-refractivity contribution in [2.24, 2.45) is 0 Å². The highest BCUT2D eigenvalue weighted by Crippen LogP contribution is 2.34. The van der Waals surface area contributed by atoms with Gasteiger partial charge in [-0.3, -0.25) is 0 Å². The molecule has 1 aliphatic rings. The van der Waals surface area contributed by atoms with E-state index in [0.717, 1.165) is 22.3 Å². The summed E-state index contributed by atoms with van der Waals surface area (Å²) in [6, 6.07) is 2.61. The van der Waals surface area contributed by atoms with Crippen molar-refractivity contribution in [3.8, 4) is 0 Å². The third-order valence-electron chi connectivity index (χ3n) is 3.79. The smallest absolute Gasteiger partial charge is 0.215 e. The Bertz CT molecular complexity index is 605. The average molecular weight is 304 g/mol. The van der Waals surface area contributed by atoms with Gasteiger partial charge in [0.1, 0.15) is 5.03 Å². The van der Waals surface area contributed by atoms with Crippen LogP contribution in [0.4, 0.5) is 0 Å². The molecule has 0 aliphatic heterocycles. The first-order valence-corrected chi connectivity index (χ1v) is 8.15. The van der Waals surface area contributed by atoms with Crippen LogP contribution in [0.15, 0.2) is 22.4 Å². The first-order chi connectivity index (χ1) is 10.3. The zero-order valence-electron chi connectivity index (χ0n) is 12.4. The molecule has 2 heterocycles. The molecule has 1 saturated carbocycles. The summed E-state index contributed by atoms with van der Waals surface area (Å²) in [6.45, 7) is 2.91. The van der Waals surface area contributed by atoms with Crippen LogP contribution in [0.1, 0.15) is 42.9 Å². The molecule has 0 spiro atoms. The molecule has 0 saturated heterocycles. The fourth-order valence-corrected chi connectivity index (χ4v) is 3.60. The molecular weight excluding hydrogens is 284 g/mol. The Morgan fingerprint density at radius 3 is 2.90 bits per heavy atom. The van der Waals surface area contributed by atoms with E-state index < -0.39 is 0 Å². The molecular formula is C14H20N6S. The highest BCUT2D eigenvalue weighted by Gasteiger charge is 2.22. The Labute approximate surface area is 128 Å². The van der Waals surface area contributed by atoms with E-state index in [9.17, 15) is 0 Å². The molecule has 0 aromatic carbocycles. The molecule has 2 aromatic heterocycles. The maximum atomic E-state index is 4.55. The number of hydrogen-bond acceptors (Lipinski definition) is 6. The molecule has 112 valence electrons. The van der Waals surface area contributed by atoms with Crippen molar-refractivity contribution in [3.63, 3.8) is 0 Å². The summed E-state index contributed by atoms with van der Waals surface area (Å²) in [6.07, 6.45) is 6.79. The van der Waals surface area contributed by atoms with Gasteiger partial charge in [0.25, 0.3) is 0 Å². The lowest BCUT2D eigenvalue weighted by Gasteiger charge is -2.11. The van der Waals surface area contributed by atoms with Gasteiger partial charge in [-0.25, -0.2) is 9.67 Å². The lowest BCUT2D eigenvalue weighted by Crippen LogP contribution is -2.08. The van der Waals surface area contributed by atoms with Crippen LogP contribution >= 0.6 is 11.8 Å². The highest BCUT2D eigenvalue weighted by atomic mass is 32.2. The molecule has 3 rings (SSSR count). The van der Waals surface area contributed by atoms with Gasteiger partial charge in [0.05, 0.1) is 6.04 Å². The van der Waals surface area contributed by atoms with Gasteiger partial charge in [-0.2, -0.15) is 0 Å². The molecule has 0 amide bonds. The Morgan fingerprint density at radius 2 is 2.19 bits per heavy atom. The van der Waals surface area contributed by atoms with Crippen LogP contribution in [0.25, 0.3) is 0 Å². The molecule has 0 bridgehead atoms. The van der Waals surface area contributed by atoms with E-state index in [1.807, 2.05) is 17.9 Å². The molecule has 0 atom stereocenters. The predicted octanol–water partition coefficient (Wildman–Crippen LogP) is 2.36. The minimum absolute atomic E-state index is 0.450. The summed E-state index contributed by atoms with van der Waals surface area (Å²) >= 11 is 1.56. The van der Waals surface area contributed by atoms with Crippen molar-refractivity contribution in [2.75, 3.05) is 7.05 Å². The summed E-state index contributed by atoms with van der Waals surface area (Å²) in [5.41, 5.74) is 2.35. The summed E-state index contributed by atoms with van der Waals surface area (Å²) in [4.78, 5) is 4.55. The maximum absolute atomic E-state index is 4.55. The molecule has 0 unspecified atom stereocenters. The molecule has 6 nitrogen and oxygen atoms in total. The number of hydrogen-bond donors (Lipinski definition) is 1. The van der Waals surface area contributed by atoms with Crippen LogP contribution in [0.2, 0.25) is 0 Å². The van der Waals surface area contributed by atoms with Crippen LogP contribution in [-0.4, -0.2) is 32.2 Å². The molecule has 21 heavy (non-hydrogen) atoms. The van der Waals surface area contributed by atoms with Crippen LogP contribution in [-0.2, 0) is 6.54 Å². The van der Waals surface area contributed by atoms with Gasteiger partial charge in [-0.15, -0.1) is 5.10 Å². The minimum Gasteiger partial charge on any atom is -0.316 e. The van der Waals surface area contributed by atoms with E-state index in [0.29, 0.717) is 6.04 Å². The summed E-state index contributed by atoms with van der Waals surface area (Å²) in [5, 5.41) is 17.1. The third-order valence-corrected chi connectivity index (χ3v) is 4.86. The van der Waals surface area contributed by atoms with Crippen LogP contribution in [0, 0.1) is 6.92 Å². The predicted molar refractivity (Wildman–Crippen MR) is 81.2 cm³/mol. The molecule has 1 aliphatic carbocycles. The topological polar surface area (TPSA) is 68.5 Å². The first-order valence-electron chi connectivity index (χ1n) is 7.34. The fraction of sp³-hybridized carbons (Fsp3) is 0.571. The van der Waals surface area contributed by atoms with Gasteiger partial charge in [-0.05, 0) is 60.1 Å². The van der Waals surface area contributed by atoms with Gasteiger partial charge in [-0.1, -0.05) is 18.9 Å². The van der Waals surface area contributed by atoms with Gasteiger partial charge in [0.15, 0.2) is 0 Å². The van der Waals surface area contributed by atoms with Crippen molar-refractivity contribution in [2.45, 2.75) is 55.4 Å². The van der Waals surface area contributed by atoms with Gasteiger partial charge in [0.2, 0.25) is 5.16 Å². The number of tetrazole rings is 1. The van der Waals surface area contributed by atoms with Crippen LogP contribution in [0.3, 0.4) is 0 Å². The fourth-order valence-electron chi connectivity index (χ4n) is 2.75. The minimum atomic E-state index is 0.450. The molecule has 7 heteroatoms. The Morgan fingerprint density at radius 1 is 1.38 bits per heavy atom. The second-order valence-electron chi connectivity index (χ2n) is 5.44. The van der Waals surface area contributed by atoms with E-state index >= 15 is 0 Å². The van der Waals surface area contributed by atoms with Gasteiger partial charge < -0.3 is 5.32 Å². The normalized spacial score (nSPS) is 15.7. The Kier molecular flexibility index (Phi) is 4.50. The van der Waals surface area contributed by atoms with Crippen LogP contribution < -0.4 is 5.32 Å². The Hall–Kier alpha value is -1.47. The van der Waals surface area contributed by atoms with Crippen LogP contribution in [0.5, 0.6) is 0 Å². The van der Waals surface area contributed by atoms with Crippen molar-refractivity contribution < 1.29 is 0 Å². The maximum Gasteiger partial charge on any atom is 0.215 e. The second kappa shape index (κ2) is 6.53. The standard InChI is InChI=1S/C14H20N6S/c1-10-7-11(8-15-2)9-16-13(10)21-14-17-18-19-20(14)12-5-3-4-6-12/h7,9,12,15H,3-6,8H2,1-2H3. The SMILES string of the molecule is CNCc1cnc(Sc2nnnn2C2CCCC2)c(C)c1. The average Bonchev–Trinajstić information content (AvgIpc) is 3.13. The number of nitrogens with zero attached hydrogens (tertiary/aromatic N) is 5. The first kappa shape index (κ1) is 14.5. The number of aryl methyl sites for hydroxylation is 1. The molecule has 1 fully saturated rings. The third kappa shape index (κ3) is 3.24. The van der Waals surface area contributed by atoms with E-state index in [4.69, 9.17) is 0 Å². The monoisotopic (exact) mass is 304 g/mol. The van der Waals surface area contributed by atoms with Crippen molar-refractivity contribution >= 4 is 11.8 Å². The quantitative estimate of drug-likeness (QED) is 0.914. The van der Waals surface area contributed by atoms with Crippen molar-refractivity contribution in [1.82, 2.24) is 30.5 Å². The van der Waals surface area contributed by atoms with Gasteiger partial charge >= 0.3 is 0 Å². The largest absolute Gasteiger partial charge is 0.316 e. The lowest BCUT2D eigenvalue weighted by molar-refractivity contribution is 0.423. The van der Waals surface area contributed by atoms with E-state index in [2.05, 4.69) is 38.8 Å². The van der Waals surface area contributed by atoms with Crippen molar-refractivity contribution in [1.29, 1.82) is 0 Å². The van der Waals surface area contributed by atoms with E-state index in [1.54, 1.807) is 11.8 Å². The Balaban J connectivity index is 1.79. The zero-order chi connectivity index (χ0) is 14.7. The number of nitrogens with one attached hydrogen (secondary N) is 1. The van der Waals surface area contributed by atoms with Gasteiger partial charge in [0, 0.05) is 12.7 Å². The number of rotatable bonds is 5. The summed E-state index contributed by atoms with van der Waals surface area (Å²) in [5.74, 6) is 0. The molecule has 2 aromatic rings. The highest BCUT2D eigenvalue weighted by molar-refractivity contribution is 7.99. The zero-order valence-corrected chi connectivity index (χ0v) is 13.2. The number of aromatic nitrogens is 5.